The predicted octanol–water partition coefficient (Wildman–Crippen LogP) is 4.17. The summed E-state index contributed by atoms with van der Waals surface area (Å²) < 4.78 is 0. The molecule has 0 saturated carbocycles. The zero-order valence-electron chi connectivity index (χ0n) is 11.0. The molecule has 0 fully saturated rings. The molecule has 0 aliphatic carbocycles. The molecule has 0 spiro atoms. The average Bonchev–Trinajstić information content (AvgIpc) is 2.17. The first kappa shape index (κ1) is 14.9. The molecule has 0 heterocycles. The highest BCUT2D eigenvalue weighted by atomic mass is 16.2. The Morgan fingerprint density at radius 3 is 2.31 bits per heavy atom. The van der Waals surface area contributed by atoms with Gasteiger partial charge in [0, 0.05) is 0 Å². The Hall–Kier alpha value is -1.08. The van der Waals surface area contributed by atoms with E-state index in [4.69, 9.17) is 5.11 Å². The Bertz CT molecular complexity index is 299. The summed E-state index contributed by atoms with van der Waals surface area (Å²) in [5.74, 6) is 0. The lowest BCUT2D eigenvalue weighted by molar-refractivity contribution is 0.342. The summed E-state index contributed by atoms with van der Waals surface area (Å²) in [5.41, 5.74) is 3.85. The van der Waals surface area contributed by atoms with E-state index in [1.165, 1.54) is 11.1 Å². The second-order valence-corrected chi connectivity index (χ2v) is 4.32. The summed E-state index contributed by atoms with van der Waals surface area (Å²) in [6.45, 7) is 8.50. The van der Waals surface area contributed by atoms with Crippen LogP contribution in [0, 0.1) is 0 Å². The van der Waals surface area contributed by atoms with Crippen molar-refractivity contribution in [2.24, 2.45) is 0 Å². The van der Waals surface area contributed by atoms with Crippen LogP contribution in [0.3, 0.4) is 0 Å². The second-order valence-electron chi connectivity index (χ2n) is 4.32. The number of hydrogen-bond acceptors (Lipinski definition) is 1. The molecule has 1 heteroatoms. The molecule has 0 unspecified atom stereocenters. The fourth-order valence-electron chi connectivity index (χ4n) is 1.25. The van der Waals surface area contributed by atoms with E-state index in [0.717, 1.165) is 18.4 Å². The van der Waals surface area contributed by atoms with Gasteiger partial charge in [-0.05, 0) is 40.5 Å². The molecule has 0 bridgehead atoms. The maximum Gasteiger partial charge on any atom is 0.0617 e. The summed E-state index contributed by atoms with van der Waals surface area (Å²) >= 11 is 0. The van der Waals surface area contributed by atoms with E-state index in [2.05, 4.69) is 32.9 Å². The fraction of sp³-hybridized carbons (Fsp3) is 0.467. The van der Waals surface area contributed by atoms with Crippen LogP contribution in [0.2, 0.25) is 0 Å². The lowest BCUT2D eigenvalue weighted by atomic mass is 10.1. The summed E-state index contributed by atoms with van der Waals surface area (Å²) in [5, 5.41) is 8.68. The van der Waals surface area contributed by atoms with Crippen LogP contribution >= 0.6 is 0 Å². The van der Waals surface area contributed by atoms with Crippen LogP contribution in [-0.4, -0.2) is 11.7 Å². The predicted molar refractivity (Wildman–Crippen MR) is 72.4 cm³/mol. The highest BCUT2D eigenvalue weighted by Gasteiger charge is 1.87. The molecule has 0 aromatic heterocycles. The molecule has 1 nitrogen and oxygen atoms in total. The Labute approximate surface area is 99.9 Å². The Morgan fingerprint density at radius 1 is 1.06 bits per heavy atom. The molecule has 0 aliphatic heterocycles. The molecule has 0 aromatic rings. The molecular weight excluding hydrogens is 196 g/mol. The number of aliphatic hydroxyl groups excluding tert-OH is 1. The van der Waals surface area contributed by atoms with Gasteiger partial charge in [0.25, 0.3) is 0 Å². The SMILES string of the molecule is CC(C)=CCC/C(C)=C/C=C/C(C)=C/CO. The zero-order valence-corrected chi connectivity index (χ0v) is 11.0. The van der Waals surface area contributed by atoms with E-state index in [-0.39, 0.29) is 6.61 Å². The minimum atomic E-state index is 0.111. The van der Waals surface area contributed by atoms with E-state index in [9.17, 15) is 0 Å². The van der Waals surface area contributed by atoms with Gasteiger partial charge in [-0.1, -0.05) is 47.1 Å². The first-order chi connectivity index (χ1) is 7.56. The van der Waals surface area contributed by atoms with E-state index in [0.29, 0.717) is 0 Å². The summed E-state index contributed by atoms with van der Waals surface area (Å²) in [6.07, 6.45) is 12.5. The smallest absolute Gasteiger partial charge is 0.0617 e. The van der Waals surface area contributed by atoms with Crippen LogP contribution < -0.4 is 0 Å². The van der Waals surface area contributed by atoms with E-state index >= 15 is 0 Å². The molecule has 0 rings (SSSR count). The van der Waals surface area contributed by atoms with Crippen molar-refractivity contribution in [3.63, 3.8) is 0 Å². The molecule has 0 saturated heterocycles. The molecule has 0 radical (unpaired) electrons. The number of hydrogen-bond donors (Lipinski definition) is 1. The largest absolute Gasteiger partial charge is 0.392 e. The van der Waals surface area contributed by atoms with Crippen molar-refractivity contribution in [1.82, 2.24) is 0 Å². The zero-order chi connectivity index (χ0) is 12.4. The Morgan fingerprint density at radius 2 is 1.75 bits per heavy atom. The number of allylic oxidation sites excluding steroid dienone is 7. The minimum absolute atomic E-state index is 0.111. The molecule has 0 atom stereocenters. The lowest BCUT2D eigenvalue weighted by Gasteiger charge is -1.96. The maximum absolute atomic E-state index is 8.68. The van der Waals surface area contributed by atoms with Gasteiger partial charge in [-0.15, -0.1) is 0 Å². The third-order valence-electron chi connectivity index (χ3n) is 2.24. The summed E-state index contributed by atoms with van der Waals surface area (Å²) in [6, 6.07) is 0. The van der Waals surface area contributed by atoms with Crippen LogP contribution in [-0.2, 0) is 0 Å². The molecule has 16 heavy (non-hydrogen) atoms. The highest BCUT2D eigenvalue weighted by molar-refractivity contribution is 5.22. The van der Waals surface area contributed by atoms with Gasteiger partial charge in [0.1, 0.15) is 0 Å². The average molecular weight is 220 g/mol. The third-order valence-corrected chi connectivity index (χ3v) is 2.24. The van der Waals surface area contributed by atoms with Crippen molar-refractivity contribution >= 4 is 0 Å². The van der Waals surface area contributed by atoms with Gasteiger partial charge in [0.15, 0.2) is 0 Å². The first-order valence-electron chi connectivity index (χ1n) is 5.81. The van der Waals surface area contributed by atoms with Gasteiger partial charge < -0.3 is 5.11 Å². The van der Waals surface area contributed by atoms with Gasteiger partial charge in [-0.25, -0.2) is 0 Å². The summed E-state index contributed by atoms with van der Waals surface area (Å²) in [4.78, 5) is 0. The van der Waals surface area contributed by atoms with E-state index in [1.807, 2.05) is 19.1 Å². The number of aliphatic hydroxyl groups is 1. The van der Waals surface area contributed by atoms with Crippen LogP contribution in [0.15, 0.2) is 47.1 Å². The van der Waals surface area contributed by atoms with Gasteiger partial charge in [-0.2, -0.15) is 0 Å². The first-order valence-corrected chi connectivity index (χ1v) is 5.81. The van der Waals surface area contributed by atoms with E-state index < -0.39 is 0 Å². The van der Waals surface area contributed by atoms with Crippen molar-refractivity contribution in [2.45, 2.75) is 40.5 Å². The molecule has 90 valence electrons. The van der Waals surface area contributed by atoms with Crippen molar-refractivity contribution < 1.29 is 5.11 Å². The Balaban J connectivity index is 4.04. The summed E-state index contributed by atoms with van der Waals surface area (Å²) in [7, 11) is 0. The van der Waals surface area contributed by atoms with Crippen molar-refractivity contribution in [2.75, 3.05) is 6.61 Å². The molecule has 1 N–H and O–H groups in total. The highest BCUT2D eigenvalue weighted by Crippen LogP contribution is 2.07. The lowest BCUT2D eigenvalue weighted by Crippen LogP contribution is -1.77. The topological polar surface area (TPSA) is 20.2 Å². The van der Waals surface area contributed by atoms with Crippen LogP contribution in [0.4, 0.5) is 0 Å². The number of rotatable bonds is 6. The molecule has 0 aliphatic rings. The van der Waals surface area contributed by atoms with Crippen molar-refractivity contribution in [3.8, 4) is 0 Å². The van der Waals surface area contributed by atoms with Crippen molar-refractivity contribution in [3.05, 3.63) is 47.1 Å². The van der Waals surface area contributed by atoms with Crippen LogP contribution in [0.1, 0.15) is 40.5 Å². The van der Waals surface area contributed by atoms with Gasteiger partial charge in [0.2, 0.25) is 0 Å². The monoisotopic (exact) mass is 220 g/mol. The fourth-order valence-corrected chi connectivity index (χ4v) is 1.25. The normalized spacial score (nSPS) is 13.3. The van der Waals surface area contributed by atoms with Gasteiger partial charge in [0.05, 0.1) is 6.61 Å². The molecule has 0 aromatic carbocycles. The van der Waals surface area contributed by atoms with Gasteiger partial charge >= 0.3 is 0 Å². The van der Waals surface area contributed by atoms with Crippen molar-refractivity contribution in [1.29, 1.82) is 0 Å². The van der Waals surface area contributed by atoms with Crippen LogP contribution in [0.5, 0.6) is 0 Å². The standard InChI is InChI=1S/C15H24O/c1-13(2)7-5-8-14(3)9-6-10-15(4)11-12-16/h6-7,9-11,16H,5,8,12H2,1-4H3/b10-6+,14-9+,15-11+. The van der Waals surface area contributed by atoms with Crippen LogP contribution in [0.25, 0.3) is 0 Å². The maximum atomic E-state index is 8.68. The van der Waals surface area contributed by atoms with Gasteiger partial charge in [-0.3, -0.25) is 0 Å². The molecule has 0 amide bonds. The van der Waals surface area contributed by atoms with E-state index in [1.54, 1.807) is 6.08 Å². The molecular formula is C15H24O. The quantitative estimate of drug-likeness (QED) is 0.526. The third kappa shape index (κ3) is 9.47. The second kappa shape index (κ2) is 9.17. The minimum Gasteiger partial charge on any atom is -0.392 e. The Kier molecular flexibility index (Phi) is 8.55.